The van der Waals surface area contributed by atoms with Crippen LogP contribution in [0, 0.1) is 0 Å². The van der Waals surface area contributed by atoms with Gasteiger partial charge in [-0.15, -0.1) is 0 Å². The molecule has 0 aliphatic carbocycles. The van der Waals surface area contributed by atoms with Gasteiger partial charge in [0.2, 0.25) is 0 Å². The average molecular weight is 380 g/mol. The number of aromatic nitrogens is 3. The number of anilines is 4. The molecule has 1 aliphatic heterocycles. The molecule has 1 fully saturated rings. The van der Waals surface area contributed by atoms with E-state index in [4.69, 9.17) is 10.7 Å². The van der Waals surface area contributed by atoms with Crippen molar-refractivity contribution in [1.29, 1.82) is 0 Å². The topological polar surface area (TPSA) is 91.7 Å². The second-order valence-electron chi connectivity index (χ2n) is 7.36. The largest absolute Gasteiger partial charge is 0.399 e. The lowest BCUT2D eigenvalue weighted by atomic mass is 9.99. The Hall–Kier alpha value is -2.80. The Labute approximate surface area is 165 Å². The van der Waals surface area contributed by atoms with Gasteiger partial charge in [-0.05, 0) is 50.3 Å². The summed E-state index contributed by atoms with van der Waals surface area (Å²) in [6.07, 6.45) is 6.96. The maximum Gasteiger partial charge on any atom is 0.162 e. The molecular weight excluding hydrogens is 352 g/mol. The lowest BCUT2D eigenvalue weighted by Gasteiger charge is -2.36. The summed E-state index contributed by atoms with van der Waals surface area (Å²) < 4.78 is 1.86. The third kappa shape index (κ3) is 3.62. The molecule has 4 N–H and O–H groups in total. The van der Waals surface area contributed by atoms with Crippen molar-refractivity contribution in [3.05, 3.63) is 42.1 Å². The molecule has 3 heterocycles. The van der Waals surface area contributed by atoms with Gasteiger partial charge in [0.1, 0.15) is 11.6 Å². The fraction of sp³-hybridized carbons (Fsp3) is 0.429. The predicted octanol–water partition coefficient (Wildman–Crippen LogP) is 3.36. The molecular formula is C21H28N6O. The molecule has 1 atom stereocenters. The first-order valence-electron chi connectivity index (χ1n) is 10.1. The molecule has 1 aromatic carbocycles. The van der Waals surface area contributed by atoms with Gasteiger partial charge in [0.25, 0.3) is 0 Å². The SMILES string of the molecule is CCc1cnn2c(Nc3cccc(N)c3)cc(N3CCCC[C@@H]3CCO)nc12. The molecule has 1 aliphatic rings. The van der Waals surface area contributed by atoms with E-state index in [0.717, 1.165) is 60.8 Å². The summed E-state index contributed by atoms with van der Waals surface area (Å²) >= 11 is 0. The third-order valence-electron chi connectivity index (χ3n) is 5.45. The molecule has 0 saturated carbocycles. The molecule has 7 nitrogen and oxygen atoms in total. The Kier molecular flexibility index (Phi) is 5.34. The maximum atomic E-state index is 9.49. The molecule has 28 heavy (non-hydrogen) atoms. The highest BCUT2D eigenvalue weighted by molar-refractivity contribution is 5.67. The number of nitrogens with one attached hydrogen (secondary N) is 1. The quantitative estimate of drug-likeness (QED) is 0.568. The molecule has 0 bridgehead atoms. The first kappa shape index (κ1) is 18.6. The van der Waals surface area contributed by atoms with E-state index < -0.39 is 0 Å². The highest BCUT2D eigenvalue weighted by atomic mass is 16.3. The van der Waals surface area contributed by atoms with Crippen LogP contribution in [0.3, 0.4) is 0 Å². The Balaban J connectivity index is 1.78. The van der Waals surface area contributed by atoms with Gasteiger partial charge in [0.15, 0.2) is 5.65 Å². The Morgan fingerprint density at radius 3 is 2.96 bits per heavy atom. The van der Waals surface area contributed by atoms with Crippen molar-refractivity contribution in [2.75, 3.05) is 29.1 Å². The number of nitrogens with zero attached hydrogens (tertiary/aromatic N) is 4. The number of fused-ring (bicyclic) bond motifs is 1. The van der Waals surface area contributed by atoms with Crippen molar-refractivity contribution in [3.63, 3.8) is 0 Å². The highest BCUT2D eigenvalue weighted by Crippen LogP contribution is 2.30. The van der Waals surface area contributed by atoms with Crippen molar-refractivity contribution in [2.24, 2.45) is 0 Å². The molecule has 4 rings (SSSR count). The Morgan fingerprint density at radius 1 is 1.29 bits per heavy atom. The van der Waals surface area contributed by atoms with E-state index in [2.05, 4.69) is 28.3 Å². The lowest BCUT2D eigenvalue weighted by Crippen LogP contribution is -2.40. The van der Waals surface area contributed by atoms with Crippen LogP contribution in [0.2, 0.25) is 0 Å². The van der Waals surface area contributed by atoms with E-state index in [-0.39, 0.29) is 6.61 Å². The molecule has 2 aromatic heterocycles. The van der Waals surface area contributed by atoms with Crippen LogP contribution in [0.1, 0.15) is 38.2 Å². The van der Waals surface area contributed by atoms with Crippen LogP contribution >= 0.6 is 0 Å². The van der Waals surface area contributed by atoms with Crippen LogP contribution in [-0.2, 0) is 6.42 Å². The second kappa shape index (κ2) is 8.06. The van der Waals surface area contributed by atoms with Crippen LogP contribution in [0.25, 0.3) is 5.65 Å². The van der Waals surface area contributed by atoms with Gasteiger partial charge in [-0.2, -0.15) is 9.61 Å². The van der Waals surface area contributed by atoms with Crippen molar-refractivity contribution in [3.8, 4) is 0 Å². The fourth-order valence-corrected chi connectivity index (χ4v) is 4.00. The number of aliphatic hydroxyl groups excluding tert-OH is 1. The van der Waals surface area contributed by atoms with Crippen LogP contribution in [0.15, 0.2) is 36.5 Å². The van der Waals surface area contributed by atoms with Gasteiger partial charge in [0.05, 0.1) is 6.20 Å². The zero-order chi connectivity index (χ0) is 19.5. The number of hydrogen-bond donors (Lipinski definition) is 3. The van der Waals surface area contributed by atoms with Crippen LogP contribution in [-0.4, -0.2) is 38.9 Å². The molecule has 0 unspecified atom stereocenters. The summed E-state index contributed by atoms with van der Waals surface area (Å²) in [5, 5.41) is 17.5. The number of piperidine rings is 1. The minimum absolute atomic E-state index is 0.199. The van der Waals surface area contributed by atoms with Gasteiger partial charge in [-0.25, -0.2) is 4.98 Å². The normalized spacial score (nSPS) is 17.2. The van der Waals surface area contributed by atoms with Gasteiger partial charge in [0, 0.05) is 42.2 Å². The zero-order valence-corrected chi connectivity index (χ0v) is 16.3. The minimum Gasteiger partial charge on any atom is -0.399 e. The van der Waals surface area contributed by atoms with Crippen LogP contribution < -0.4 is 16.0 Å². The number of aliphatic hydroxyl groups is 1. The second-order valence-corrected chi connectivity index (χ2v) is 7.36. The Bertz CT molecular complexity index is 951. The van der Waals surface area contributed by atoms with Gasteiger partial charge < -0.3 is 21.1 Å². The summed E-state index contributed by atoms with van der Waals surface area (Å²) in [5.41, 5.74) is 9.56. The van der Waals surface area contributed by atoms with Crippen LogP contribution in [0.4, 0.5) is 23.0 Å². The molecule has 0 spiro atoms. The maximum absolute atomic E-state index is 9.49. The van der Waals surface area contributed by atoms with E-state index in [9.17, 15) is 5.11 Å². The summed E-state index contributed by atoms with van der Waals surface area (Å²) in [6, 6.07) is 10.1. The molecule has 0 amide bonds. The van der Waals surface area contributed by atoms with Crippen LogP contribution in [0.5, 0.6) is 0 Å². The number of aryl methyl sites for hydroxylation is 1. The monoisotopic (exact) mass is 380 g/mol. The standard InChI is InChI=1S/C21H28N6O/c1-2-15-14-23-27-20(24-17-7-5-6-16(22)12-17)13-19(25-21(15)27)26-10-4-3-8-18(26)9-11-28/h5-7,12-14,18,24,28H,2-4,8-11,22H2,1H3/t18-/m1/s1. The minimum atomic E-state index is 0.199. The molecule has 7 heteroatoms. The molecule has 0 radical (unpaired) electrons. The number of nitrogens with two attached hydrogens (primary N) is 1. The van der Waals surface area contributed by atoms with E-state index in [1.165, 1.54) is 6.42 Å². The number of benzene rings is 1. The number of hydrogen-bond acceptors (Lipinski definition) is 6. The fourth-order valence-electron chi connectivity index (χ4n) is 4.00. The summed E-state index contributed by atoms with van der Waals surface area (Å²) in [7, 11) is 0. The molecule has 148 valence electrons. The van der Waals surface area contributed by atoms with Gasteiger partial charge in [-0.3, -0.25) is 0 Å². The van der Waals surface area contributed by atoms with E-state index in [1.54, 1.807) is 0 Å². The average Bonchev–Trinajstić information content (AvgIpc) is 3.12. The smallest absolute Gasteiger partial charge is 0.162 e. The van der Waals surface area contributed by atoms with Crippen molar-refractivity contribution in [1.82, 2.24) is 14.6 Å². The first-order chi connectivity index (χ1) is 13.7. The summed E-state index contributed by atoms with van der Waals surface area (Å²) in [6.45, 7) is 3.28. The summed E-state index contributed by atoms with van der Waals surface area (Å²) in [4.78, 5) is 7.31. The number of rotatable bonds is 6. The van der Waals surface area contributed by atoms with E-state index >= 15 is 0 Å². The Morgan fingerprint density at radius 2 is 2.18 bits per heavy atom. The van der Waals surface area contributed by atoms with E-state index in [1.807, 2.05) is 35.0 Å². The molecule has 1 saturated heterocycles. The predicted molar refractivity (Wildman–Crippen MR) is 113 cm³/mol. The molecule has 3 aromatic rings. The van der Waals surface area contributed by atoms with E-state index in [0.29, 0.717) is 11.7 Å². The number of nitrogen functional groups attached to an aromatic ring is 1. The summed E-state index contributed by atoms with van der Waals surface area (Å²) in [5.74, 6) is 1.80. The van der Waals surface area contributed by atoms with Gasteiger partial charge in [-0.1, -0.05) is 13.0 Å². The van der Waals surface area contributed by atoms with Crippen molar-refractivity contribution in [2.45, 2.75) is 45.1 Å². The third-order valence-corrected chi connectivity index (χ3v) is 5.45. The lowest BCUT2D eigenvalue weighted by molar-refractivity contribution is 0.262. The highest BCUT2D eigenvalue weighted by Gasteiger charge is 2.24. The van der Waals surface area contributed by atoms with Gasteiger partial charge >= 0.3 is 0 Å². The van der Waals surface area contributed by atoms with Crippen molar-refractivity contribution < 1.29 is 5.11 Å². The zero-order valence-electron chi connectivity index (χ0n) is 16.3. The van der Waals surface area contributed by atoms with Crippen molar-refractivity contribution >= 4 is 28.7 Å². The first-order valence-corrected chi connectivity index (χ1v) is 10.1.